The van der Waals surface area contributed by atoms with Crippen molar-refractivity contribution in [3.63, 3.8) is 0 Å². The predicted octanol–water partition coefficient (Wildman–Crippen LogP) is 5.83. The van der Waals surface area contributed by atoms with Crippen LogP contribution in [0.4, 0.5) is 23.9 Å². The van der Waals surface area contributed by atoms with E-state index in [0.717, 1.165) is 10.9 Å². The van der Waals surface area contributed by atoms with Gasteiger partial charge in [-0.1, -0.05) is 18.2 Å². The normalized spacial score (nSPS) is 11.8. The number of amides is 1. The van der Waals surface area contributed by atoms with Gasteiger partial charge in [0.05, 0.1) is 16.8 Å². The van der Waals surface area contributed by atoms with Crippen molar-refractivity contribution in [2.45, 2.75) is 6.18 Å². The maximum Gasteiger partial charge on any atom is 0.418 e. The molecule has 0 aliphatic carbocycles. The molecular weight excluding hydrogens is 369 g/mol. The van der Waals surface area contributed by atoms with Crippen LogP contribution in [0.1, 0.15) is 20.8 Å². The average molecular weight is 380 g/mol. The number of anilines is 1. The van der Waals surface area contributed by atoms with Crippen LogP contribution in [0.15, 0.2) is 58.2 Å². The van der Waals surface area contributed by atoms with Gasteiger partial charge in [-0.2, -0.15) is 13.2 Å². The largest absolute Gasteiger partial charge is 0.418 e. The fourth-order valence-corrected chi connectivity index (χ4v) is 3.41. The Morgan fingerprint density at radius 3 is 2.56 bits per heavy atom. The number of rotatable bonds is 4. The highest BCUT2D eigenvalue weighted by atomic mass is 32.1. The van der Waals surface area contributed by atoms with Crippen LogP contribution in [-0.4, -0.2) is 12.1 Å². The minimum Gasteiger partial charge on any atom is -0.321 e. The van der Waals surface area contributed by atoms with Crippen LogP contribution >= 0.6 is 22.7 Å². The lowest BCUT2D eigenvalue weighted by atomic mass is 10.1. The Hall–Kier alpha value is -2.45. The third kappa shape index (κ3) is 4.15. The van der Waals surface area contributed by atoms with E-state index < -0.39 is 17.6 Å². The van der Waals surface area contributed by atoms with E-state index in [-0.39, 0.29) is 11.3 Å². The van der Waals surface area contributed by atoms with Crippen molar-refractivity contribution in [3.8, 4) is 0 Å². The lowest BCUT2D eigenvalue weighted by molar-refractivity contribution is -0.136. The molecule has 8 heteroatoms. The fraction of sp³-hybridized carbons (Fsp3) is 0.0588. The van der Waals surface area contributed by atoms with E-state index in [2.05, 4.69) is 10.3 Å². The van der Waals surface area contributed by atoms with E-state index in [9.17, 15) is 18.0 Å². The Morgan fingerprint density at radius 2 is 1.84 bits per heavy atom. The Kier molecular flexibility index (Phi) is 5.00. The summed E-state index contributed by atoms with van der Waals surface area (Å²) in [4.78, 5) is 17.6. The van der Waals surface area contributed by atoms with Crippen molar-refractivity contribution in [2.24, 2.45) is 4.99 Å². The monoisotopic (exact) mass is 380 g/mol. The summed E-state index contributed by atoms with van der Waals surface area (Å²) in [5, 5.41) is 6.34. The minimum absolute atomic E-state index is 0.231. The van der Waals surface area contributed by atoms with Gasteiger partial charge in [0, 0.05) is 11.1 Å². The highest BCUT2D eigenvalue weighted by molar-refractivity contribution is 7.14. The second-order valence-corrected chi connectivity index (χ2v) is 6.78. The van der Waals surface area contributed by atoms with Gasteiger partial charge in [-0.3, -0.25) is 4.79 Å². The third-order valence-electron chi connectivity index (χ3n) is 3.22. The number of para-hydroxylation sites is 1. The molecule has 0 aliphatic rings. The number of alkyl halides is 3. The molecule has 1 N–H and O–H groups in total. The van der Waals surface area contributed by atoms with Gasteiger partial charge in [-0.15, -0.1) is 22.7 Å². The fourth-order valence-electron chi connectivity index (χ4n) is 2.09. The second-order valence-electron chi connectivity index (χ2n) is 4.91. The molecule has 2 heterocycles. The lowest BCUT2D eigenvalue weighted by Gasteiger charge is -2.13. The van der Waals surface area contributed by atoms with Crippen LogP contribution in [0.25, 0.3) is 0 Å². The molecule has 3 nitrogen and oxygen atoms in total. The van der Waals surface area contributed by atoms with Crippen LogP contribution in [-0.2, 0) is 6.18 Å². The summed E-state index contributed by atoms with van der Waals surface area (Å²) in [5.41, 5.74) is -0.934. The first kappa shape index (κ1) is 17.4. The number of benzene rings is 1. The SMILES string of the molecule is O=C(Nc1ccccc1C(F)(F)F)c1ccsc1N=Cc1cccs1. The maximum atomic E-state index is 13.0. The molecule has 0 spiro atoms. The van der Waals surface area contributed by atoms with Gasteiger partial charge in [0.2, 0.25) is 0 Å². The Bertz CT molecular complexity index is 899. The predicted molar refractivity (Wildman–Crippen MR) is 95.3 cm³/mol. The topological polar surface area (TPSA) is 41.5 Å². The van der Waals surface area contributed by atoms with E-state index >= 15 is 0 Å². The Morgan fingerprint density at radius 1 is 1.04 bits per heavy atom. The first-order valence-electron chi connectivity index (χ1n) is 7.08. The minimum atomic E-state index is -4.54. The van der Waals surface area contributed by atoms with Crippen LogP contribution in [0.5, 0.6) is 0 Å². The molecule has 0 aliphatic heterocycles. The van der Waals surface area contributed by atoms with Crippen molar-refractivity contribution in [1.82, 2.24) is 0 Å². The molecule has 128 valence electrons. The van der Waals surface area contributed by atoms with Gasteiger partial charge in [0.1, 0.15) is 5.00 Å². The Balaban J connectivity index is 1.83. The zero-order chi connectivity index (χ0) is 17.9. The van der Waals surface area contributed by atoms with Gasteiger partial charge < -0.3 is 5.32 Å². The van der Waals surface area contributed by atoms with Crippen LogP contribution < -0.4 is 5.32 Å². The van der Waals surface area contributed by atoms with E-state index in [1.807, 2.05) is 17.5 Å². The van der Waals surface area contributed by atoms with Gasteiger partial charge in [0.25, 0.3) is 5.91 Å². The van der Waals surface area contributed by atoms with Crippen LogP contribution in [0.3, 0.4) is 0 Å². The van der Waals surface area contributed by atoms with Crippen molar-refractivity contribution in [2.75, 3.05) is 5.32 Å². The lowest BCUT2D eigenvalue weighted by Crippen LogP contribution is -2.16. The molecule has 1 aromatic carbocycles. The Labute approximate surface area is 149 Å². The van der Waals surface area contributed by atoms with E-state index in [0.29, 0.717) is 5.00 Å². The molecule has 0 unspecified atom stereocenters. The molecule has 0 saturated heterocycles. The number of carbonyl (C=O) groups is 1. The summed E-state index contributed by atoms with van der Waals surface area (Å²) in [6.07, 6.45) is -2.92. The van der Waals surface area contributed by atoms with Crippen molar-refractivity contribution < 1.29 is 18.0 Å². The third-order valence-corrected chi connectivity index (χ3v) is 4.85. The summed E-state index contributed by atoms with van der Waals surface area (Å²) in [6, 6.07) is 10.2. The number of hydrogen-bond acceptors (Lipinski definition) is 4. The zero-order valence-corrected chi connectivity index (χ0v) is 14.2. The highest BCUT2D eigenvalue weighted by Gasteiger charge is 2.33. The van der Waals surface area contributed by atoms with Crippen molar-refractivity contribution in [3.05, 3.63) is 69.2 Å². The first-order valence-corrected chi connectivity index (χ1v) is 8.84. The number of aliphatic imine (C=N–C) groups is 1. The number of nitrogens with one attached hydrogen (secondary N) is 1. The number of halogens is 3. The highest BCUT2D eigenvalue weighted by Crippen LogP contribution is 2.35. The van der Waals surface area contributed by atoms with Crippen LogP contribution in [0.2, 0.25) is 0 Å². The average Bonchev–Trinajstić information content (AvgIpc) is 3.24. The molecule has 0 atom stereocenters. The second kappa shape index (κ2) is 7.20. The van der Waals surface area contributed by atoms with Gasteiger partial charge in [-0.05, 0) is 35.0 Å². The quantitative estimate of drug-likeness (QED) is 0.568. The molecule has 0 bridgehead atoms. The smallest absolute Gasteiger partial charge is 0.321 e. The maximum absolute atomic E-state index is 13.0. The standard InChI is InChI=1S/C17H11F3N2OS2/c18-17(19,20)13-5-1-2-6-14(13)22-15(23)12-7-9-25-16(12)21-10-11-4-3-8-24-11/h1-10H,(H,22,23). The molecular formula is C17H11F3N2OS2. The summed E-state index contributed by atoms with van der Waals surface area (Å²) < 4.78 is 39.1. The molecule has 2 aromatic heterocycles. The first-order chi connectivity index (χ1) is 11.9. The van der Waals surface area contributed by atoms with Crippen molar-refractivity contribution in [1.29, 1.82) is 0 Å². The van der Waals surface area contributed by atoms with Crippen LogP contribution in [0, 0.1) is 0 Å². The summed E-state index contributed by atoms with van der Waals surface area (Å²) in [7, 11) is 0. The molecule has 3 rings (SSSR count). The number of carbonyl (C=O) groups excluding carboxylic acids is 1. The van der Waals surface area contributed by atoms with E-state index in [1.165, 1.54) is 46.9 Å². The summed E-state index contributed by atoms with van der Waals surface area (Å²) in [5.74, 6) is -0.628. The van der Waals surface area contributed by atoms with Gasteiger partial charge in [0.15, 0.2) is 0 Å². The molecule has 3 aromatic rings. The van der Waals surface area contributed by atoms with E-state index in [1.54, 1.807) is 11.6 Å². The number of nitrogens with zero attached hydrogens (tertiary/aromatic N) is 1. The molecule has 0 fully saturated rings. The van der Waals surface area contributed by atoms with E-state index in [4.69, 9.17) is 0 Å². The molecule has 25 heavy (non-hydrogen) atoms. The van der Waals surface area contributed by atoms with Crippen molar-refractivity contribution >= 4 is 45.5 Å². The number of hydrogen-bond donors (Lipinski definition) is 1. The molecule has 0 saturated carbocycles. The van der Waals surface area contributed by atoms with Gasteiger partial charge in [-0.25, -0.2) is 4.99 Å². The zero-order valence-electron chi connectivity index (χ0n) is 12.6. The summed E-state index contributed by atoms with van der Waals surface area (Å²) >= 11 is 2.74. The molecule has 0 radical (unpaired) electrons. The number of thiophene rings is 2. The molecule has 1 amide bonds. The van der Waals surface area contributed by atoms with Gasteiger partial charge >= 0.3 is 6.18 Å². The summed E-state index contributed by atoms with van der Waals surface area (Å²) in [6.45, 7) is 0.